The first-order valence-electron chi connectivity index (χ1n) is 7.21. The Morgan fingerprint density at radius 2 is 1.44 bits per heavy atom. The molecule has 0 radical (unpaired) electrons. The zero-order chi connectivity index (χ0) is 13.8. The molecule has 0 aliphatic heterocycles. The summed E-state index contributed by atoms with van der Waals surface area (Å²) in [5.41, 5.74) is 0. The van der Waals surface area contributed by atoms with E-state index in [1.54, 1.807) is 0 Å². The van der Waals surface area contributed by atoms with Gasteiger partial charge in [-0.3, -0.25) is 9.59 Å². The highest BCUT2D eigenvalue weighted by molar-refractivity contribution is 5.97. The van der Waals surface area contributed by atoms with E-state index >= 15 is 0 Å². The van der Waals surface area contributed by atoms with Crippen molar-refractivity contribution in [3.8, 4) is 0 Å². The summed E-state index contributed by atoms with van der Waals surface area (Å²) in [5.74, 6) is -1.01. The topological polar surface area (TPSA) is 43.4 Å². The lowest BCUT2D eigenvalue weighted by molar-refractivity contribution is -0.149. The maximum atomic E-state index is 11.3. The molecule has 0 aromatic carbocycles. The summed E-state index contributed by atoms with van der Waals surface area (Å²) in [6.07, 6.45) is 10.4. The van der Waals surface area contributed by atoms with Crippen LogP contribution in [0.5, 0.6) is 0 Å². The molecule has 0 amide bonds. The van der Waals surface area contributed by atoms with Crippen LogP contribution in [-0.4, -0.2) is 18.9 Å². The number of unbranched alkanes of at least 4 members (excludes halogenated alkanes) is 7. The first-order valence-corrected chi connectivity index (χ1v) is 7.21. The molecule has 18 heavy (non-hydrogen) atoms. The van der Waals surface area contributed by atoms with Crippen molar-refractivity contribution < 1.29 is 14.3 Å². The second-order valence-electron chi connectivity index (χ2n) is 4.95. The van der Waals surface area contributed by atoms with E-state index in [0.29, 0.717) is 6.42 Å². The predicted molar refractivity (Wildman–Crippen MR) is 73.4 cm³/mol. The molecular weight excluding hydrogens is 228 g/mol. The van der Waals surface area contributed by atoms with Crippen LogP contribution >= 0.6 is 0 Å². The van der Waals surface area contributed by atoms with Crippen LogP contribution < -0.4 is 0 Å². The number of hydrogen-bond acceptors (Lipinski definition) is 3. The van der Waals surface area contributed by atoms with Gasteiger partial charge in [0.2, 0.25) is 0 Å². The molecule has 1 unspecified atom stereocenters. The first-order chi connectivity index (χ1) is 8.63. The molecule has 0 aromatic heterocycles. The van der Waals surface area contributed by atoms with E-state index in [4.69, 9.17) is 0 Å². The van der Waals surface area contributed by atoms with Crippen LogP contribution in [0, 0.1) is 5.92 Å². The summed E-state index contributed by atoms with van der Waals surface area (Å²) >= 11 is 0. The average Bonchev–Trinajstić information content (AvgIpc) is 2.35. The van der Waals surface area contributed by atoms with Crippen LogP contribution in [0.1, 0.15) is 71.6 Å². The molecule has 0 bridgehead atoms. The van der Waals surface area contributed by atoms with Crippen molar-refractivity contribution in [3.05, 3.63) is 0 Å². The van der Waals surface area contributed by atoms with Crippen LogP contribution in [0.25, 0.3) is 0 Å². The molecule has 0 spiro atoms. The molecule has 106 valence electrons. The van der Waals surface area contributed by atoms with E-state index < -0.39 is 5.92 Å². The van der Waals surface area contributed by atoms with Crippen molar-refractivity contribution in [1.82, 2.24) is 0 Å². The summed E-state index contributed by atoms with van der Waals surface area (Å²) in [6, 6.07) is 0. The van der Waals surface area contributed by atoms with Gasteiger partial charge in [0.25, 0.3) is 0 Å². The molecule has 0 aromatic rings. The Morgan fingerprint density at radius 3 is 1.89 bits per heavy atom. The minimum absolute atomic E-state index is 0.0789. The van der Waals surface area contributed by atoms with Gasteiger partial charge in [0, 0.05) is 0 Å². The van der Waals surface area contributed by atoms with Gasteiger partial charge in [0.15, 0.2) is 0 Å². The van der Waals surface area contributed by atoms with E-state index in [1.165, 1.54) is 52.6 Å². The molecule has 3 heteroatoms. The standard InChI is InChI=1S/C15H28O3/c1-4-5-6-7-8-9-10-11-12-14(13(2)16)15(17)18-3/h14H,4-12H2,1-3H3. The SMILES string of the molecule is CCCCCCCCCCC(C(C)=O)C(=O)OC. The van der Waals surface area contributed by atoms with E-state index in [-0.39, 0.29) is 11.8 Å². The summed E-state index contributed by atoms with van der Waals surface area (Å²) in [5, 5.41) is 0. The minimum Gasteiger partial charge on any atom is -0.468 e. The highest BCUT2D eigenvalue weighted by Gasteiger charge is 2.23. The Kier molecular flexibility index (Phi) is 10.7. The van der Waals surface area contributed by atoms with Gasteiger partial charge >= 0.3 is 5.97 Å². The number of carbonyl (C=O) groups excluding carboxylic acids is 2. The lowest BCUT2D eigenvalue weighted by atomic mass is 9.97. The number of ketones is 1. The third kappa shape index (κ3) is 8.26. The van der Waals surface area contributed by atoms with Gasteiger partial charge in [0.05, 0.1) is 7.11 Å². The van der Waals surface area contributed by atoms with E-state index in [2.05, 4.69) is 11.7 Å². The third-order valence-corrected chi connectivity index (χ3v) is 3.32. The van der Waals surface area contributed by atoms with Gasteiger partial charge in [-0.25, -0.2) is 0 Å². The fourth-order valence-corrected chi connectivity index (χ4v) is 2.11. The van der Waals surface area contributed by atoms with Gasteiger partial charge < -0.3 is 4.74 Å². The third-order valence-electron chi connectivity index (χ3n) is 3.32. The van der Waals surface area contributed by atoms with Crippen LogP contribution in [0.2, 0.25) is 0 Å². The molecule has 0 fully saturated rings. The van der Waals surface area contributed by atoms with Crippen molar-refractivity contribution in [3.63, 3.8) is 0 Å². The summed E-state index contributed by atoms with van der Waals surface area (Å²) in [4.78, 5) is 22.6. The number of carbonyl (C=O) groups is 2. The van der Waals surface area contributed by atoms with Gasteiger partial charge in [-0.05, 0) is 13.3 Å². The summed E-state index contributed by atoms with van der Waals surface area (Å²) in [7, 11) is 1.34. The summed E-state index contributed by atoms with van der Waals surface area (Å²) < 4.78 is 4.64. The molecule has 0 heterocycles. The lowest BCUT2D eigenvalue weighted by Gasteiger charge is -2.10. The van der Waals surface area contributed by atoms with E-state index in [0.717, 1.165) is 12.8 Å². The van der Waals surface area contributed by atoms with Crippen molar-refractivity contribution in [2.24, 2.45) is 5.92 Å². The zero-order valence-corrected chi connectivity index (χ0v) is 12.2. The number of hydrogen-bond donors (Lipinski definition) is 0. The Hall–Kier alpha value is -0.860. The molecule has 0 rings (SSSR count). The Labute approximate surface area is 111 Å². The molecule has 3 nitrogen and oxygen atoms in total. The number of Topliss-reactive ketones (excluding diaryl/α,β-unsaturated/α-hetero) is 1. The molecule has 0 saturated heterocycles. The van der Waals surface area contributed by atoms with Crippen molar-refractivity contribution in [2.45, 2.75) is 71.6 Å². The van der Waals surface area contributed by atoms with Crippen LogP contribution in [0.15, 0.2) is 0 Å². The predicted octanol–water partition coefficient (Wildman–Crippen LogP) is 3.90. The largest absolute Gasteiger partial charge is 0.468 e. The zero-order valence-electron chi connectivity index (χ0n) is 12.2. The fraction of sp³-hybridized carbons (Fsp3) is 0.867. The van der Waals surface area contributed by atoms with E-state index in [1.807, 2.05) is 0 Å². The minimum atomic E-state index is -0.546. The Morgan fingerprint density at radius 1 is 0.944 bits per heavy atom. The maximum absolute atomic E-state index is 11.3. The molecule has 1 atom stereocenters. The molecule has 0 aliphatic rings. The highest BCUT2D eigenvalue weighted by Crippen LogP contribution is 2.15. The lowest BCUT2D eigenvalue weighted by Crippen LogP contribution is -2.23. The maximum Gasteiger partial charge on any atom is 0.316 e. The van der Waals surface area contributed by atoms with Crippen molar-refractivity contribution >= 4 is 11.8 Å². The van der Waals surface area contributed by atoms with Gasteiger partial charge in [0.1, 0.15) is 11.7 Å². The monoisotopic (exact) mass is 256 g/mol. The number of esters is 1. The number of ether oxygens (including phenoxy) is 1. The van der Waals surface area contributed by atoms with Crippen LogP contribution in [-0.2, 0) is 14.3 Å². The van der Waals surface area contributed by atoms with Gasteiger partial charge in [-0.15, -0.1) is 0 Å². The van der Waals surface area contributed by atoms with Crippen LogP contribution in [0.4, 0.5) is 0 Å². The number of rotatable bonds is 11. The van der Waals surface area contributed by atoms with Gasteiger partial charge in [-0.1, -0.05) is 58.3 Å². The Balaban J connectivity index is 3.56. The first kappa shape index (κ1) is 17.1. The van der Waals surface area contributed by atoms with Gasteiger partial charge in [-0.2, -0.15) is 0 Å². The second kappa shape index (κ2) is 11.2. The molecule has 0 N–H and O–H groups in total. The molecule has 0 saturated carbocycles. The quantitative estimate of drug-likeness (QED) is 0.320. The number of methoxy groups -OCH3 is 1. The fourth-order valence-electron chi connectivity index (χ4n) is 2.11. The van der Waals surface area contributed by atoms with Crippen molar-refractivity contribution in [1.29, 1.82) is 0 Å². The van der Waals surface area contributed by atoms with Crippen molar-refractivity contribution in [2.75, 3.05) is 7.11 Å². The van der Waals surface area contributed by atoms with Crippen LogP contribution in [0.3, 0.4) is 0 Å². The highest BCUT2D eigenvalue weighted by atomic mass is 16.5. The second-order valence-corrected chi connectivity index (χ2v) is 4.95. The normalized spacial score (nSPS) is 12.2. The average molecular weight is 256 g/mol. The summed E-state index contributed by atoms with van der Waals surface area (Å²) in [6.45, 7) is 3.68. The molecular formula is C15H28O3. The molecule has 0 aliphatic carbocycles. The van der Waals surface area contributed by atoms with E-state index in [9.17, 15) is 9.59 Å². The Bertz CT molecular complexity index is 236. The smallest absolute Gasteiger partial charge is 0.316 e.